The van der Waals surface area contributed by atoms with Crippen molar-refractivity contribution >= 4 is 0 Å². The molecule has 7 aromatic carbocycles. The van der Waals surface area contributed by atoms with Gasteiger partial charge in [0.05, 0.1) is 16.8 Å². The minimum atomic E-state index is -0.629. The van der Waals surface area contributed by atoms with Crippen LogP contribution in [0.15, 0.2) is 194 Å². The maximum Gasteiger partial charge on any atom is 0.160 e. The Hall–Kier alpha value is -6.58. The molecule has 0 saturated heterocycles. The molecule has 0 N–H and O–H groups in total. The molecule has 0 aliphatic carbocycles. The van der Waals surface area contributed by atoms with E-state index in [9.17, 15) is 0 Å². The molecule has 0 spiro atoms. The van der Waals surface area contributed by atoms with Crippen molar-refractivity contribution in [1.82, 2.24) is 9.97 Å². The molecular formula is C47H32N2O. The fourth-order valence-corrected chi connectivity index (χ4v) is 7.29. The quantitative estimate of drug-likeness (QED) is 0.181. The van der Waals surface area contributed by atoms with Crippen LogP contribution in [0.25, 0.3) is 45.0 Å². The van der Waals surface area contributed by atoms with Crippen LogP contribution in [0.1, 0.15) is 22.3 Å². The van der Waals surface area contributed by atoms with Gasteiger partial charge in [-0.15, -0.1) is 0 Å². The van der Waals surface area contributed by atoms with Crippen molar-refractivity contribution in [2.45, 2.75) is 5.41 Å². The minimum Gasteiger partial charge on any atom is -0.457 e. The average molecular weight is 641 g/mol. The summed E-state index contributed by atoms with van der Waals surface area (Å²) in [6, 6.07) is 67.7. The van der Waals surface area contributed by atoms with Gasteiger partial charge < -0.3 is 4.74 Å². The molecule has 50 heavy (non-hydrogen) atoms. The third kappa shape index (κ3) is 5.08. The molecule has 0 fully saturated rings. The van der Waals surface area contributed by atoms with Gasteiger partial charge >= 0.3 is 0 Å². The van der Waals surface area contributed by atoms with Gasteiger partial charge in [-0.2, -0.15) is 0 Å². The summed E-state index contributed by atoms with van der Waals surface area (Å²) >= 11 is 0. The second-order valence-corrected chi connectivity index (χ2v) is 12.6. The third-order valence-corrected chi connectivity index (χ3v) is 9.65. The van der Waals surface area contributed by atoms with E-state index in [1.54, 1.807) is 0 Å². The van der Waals surface area contributed by atoms with Gasteiger partial charge in [0.2, 0.25) is 0 Å². The van der Waals surface area contributed by atoms with E-state index in [0.29, 0.717) is 5.82 Å². The van der Waals surface area contributed by atoms with Crippen LogP contribution in [0.2, 0.25) is 0 Å². The zero-order chi connectivity index (χ0) is 33.3. The molecular weight excluding hydrogens is 609 g/mol. The van der Waals surface area contributed by atoms with Crippen molar-refractivity contribution < 1.29 is 4.74 Å². The molecule has 0 unspecified atom stereocenters. The topological polar surface area (TPSA) is 35.0 Å². The molecule has 1 aliphatic rings. The van der Waals surface area contributed by atoms with Gasteiger partial charge in [0.1, 0.15) is 11.5 Å². The van der Waals surface area contributed by atoms with E-state index >= 15 is 0 Å². The SMILES string of the molecule is c1ccc(-c2ccc(-c3cc(-c4ccccc4)nc(-c4ccc5c(c4)C(c4ccccc4)(c4ccccc4)c4ccccc4O5)n3)cc2)cc1. The molecule has 3 nitrogen and oxygen atoms in total. The Bertz CT molecular complexity index is 2390. The predicted molar refractivity (Wildman–Crippen MR) is 202 cm³/mol. The lowest BCUT2D eigenvalue weighted by Gasteiger charge is -2.41. The highest BCUT2D eigenvalue weighted by Gasteiger charge is 2.45. The van der Waals surface area contributed by atoms with Crippen molar-refractivity contribution in [3.63, 3.8) is 0 Å². The second kappa shape index (κ2) is 12.5. The van der Waals surface area contributed by atoms with Crippen molar-refractivity contribution in [2.75, 3.05) is 0 Å². The van der Waals surface area contributed by atoms with Gasteiger partial charge in [0, 0.05) is 27.8 Å². The molecule has 0 saturated carbocycles. The maximum atomic E-state index is 6.66. The van der Waals surface area contributed by atoms with E-state index in [0.717, 1.165) is 50.7 Å². The molecule has 1 aromatic heterocycles. The van der Waals surface area contributed by atoms with Gasteiger partial charge in [-0.05, 0) is 52.6 Å². The Morgan fingerprint density at radius 2 is 0.780 bits per heavy atom. The summed E-state index contributed by atoms with van der Waals surface area (Å²) in [6.07, 6.45) is 0. The number of ether oxygens (including phenoxy) is 1. The van der Waals surface area contributed by atoms with E-state index in [-0.39, 0.29) is 0 Å². The summed E-state index contributed by atoms with van der Waals surface area (Å²) in [5, 5.41) is 0. The monoisotopic (exact) mass is 640 g/mol. The number of hydrogen-bond acceptors (Lipinski definition) is 3. The van der Waals surface area contributed by atoms with Crippen molar-refractivity contribution in [3.05, 3.63) is 216 Å². The number of para-hydroxylation sites is 1. The highest BCUT2D eigenvalue weighted by Crippen LogP contribution is 2.55. The number of rotatable bonds is 6. The molecule has 1 aliphatic heterocycles. The molecule has 3 heteroatoms. The van der Waals surface area contributed by atoms with Crippen LogP contribution in [-0.4, -0.2) is 9.97 Å². The van der Waals surface area contributed by atoms with Crippen LogP contribution in [0.4, 0.5) is 0 Å². The molecule has 0 amide bonds. The smallest absolute Gasteiger partial charge is 0.160 e. The van der Waals surface area contributed by atoms with E-state index in [4.69, 9.17) is 14.7 Å². The fourth-order valence-electron chi connectivity index (χ4n) is 7.29. The number of fused-ring (bicyclic) bond motifs is 2. The number of aromatic nitrogens is 2. The molecule has 0 bridgehead atoms. The Kier molecular flexibility index (Phi) is 7.37. The van der Waals surface area contributed by atoms with E-state index in [2.05, 4.69) is 164 Å². The predicted octanol–water partition coefficient (Wildman–Crippen LogP) is 11.6. The average Bonchev–Trinajstić information content (AvgIpc) is 3.21. The molecule has 0 atom stereocenters. The molecule has 9 rings (SSSR count). The molecule has 236 valence electrons. The van der Waals surface area contributed by atoms with Crippen LogP contribution in [0.3, 0.4) is 0 Å². The van der Waals surface area contributed by atoms with Gasteiger partial charge in [-0.25, -0.2) is 9.97 Å². The van der Waals surface area contributed by atoms with E-state index in [1.165, 1.54) is 22.3 Å². The zero-order valence-corrected chi connectivity index (χ0v) is 27.3. The summed E-state index contributed by atoms with van der Waals surface area (Å²) in [7, 11) is 0. The number of hydrogen-bond donors (Lipinski definition) is 0. The Labute approximate surface area is 292 Å². The summed E-state index contributed by atoms with van der Waals surface area (Å²) in [5.74, 6) is 2.32. The van der Waals surface area contributed by atoms with Gasteiger partial charge in [-0.1, -0.05) is 164 Å². The van der Waals surface area contributed by atoms with Crippen LogP contribution >= 0.6 is 0 Å². The fraction of sp³-hybridized carbons (Fsp3) is 0.0213. The Morgan fingerprint density at radius 1 is 0.340 bits per heavy atom. The highest BCUT2D eigenvalue weighted by molar-refractivity contribution is 5.76. The first-order valence-electron chi connectivity index (χ1n) is 16.9. The van der Waals surface area contributed by atoms with Gasteiger partial charge in [0.25, 0.3) is 0 Å². The largest absolute Gasteiger partial charge is 0.457 e. The number of benzene rings is 7. The van der Waals surface area contributed by atoms with Crippen LogP contribution in [0, 0.1) is 0 Å². The highest BCUT2D eigenvalue weighted by atomic mass is 16.5. The van der Waals surface area contributed by atoms with E-state index < -0.39 is 5.41 Å². The maximum absolute atomic E-state index is 6.66. The standard InChI is InChI=1S/C47H32N2O/c1-5-15-33(16-6-1)34-25-27-36(28-26-34)43-32-42(35-17-7-2-8-18-35)48-46(49-43)37-29-30-45-41(31-37)47(38-19-9-3-10-20-38,39-21-11-4-12-22-39)40-23-13-14-24-44(40)50-45/h1-32H. The lowest BCUT2D eigenvalue weighted by Crippen LogP contribution is -2.34. The lowest BCUT2D eigenvalue weighted by atomic mass is 9.63. The normalized spacial score (nSPS) is 12.7. The van der Waals surface area contributed by atoms with Gasteiger partial charge in [-0.3, -0.25) is 0 Å². The van der Waals surface area contributed by atoms with Gasteiger partial charge in [0.15, 0.2) is 5.82 Å². The molecule has 0 radical (unpaired) electrons. The molecule has 2 heterocycles. The summed E-state index contributed by atoms with van der Waals surface area (Å²) in [5.41, 5.74) is 10.9. The van der Waals surface area contributed by atoms with E-state index in [1.807, 2.05) is 30.3 Å². The summed E-state index contributed by atoms with van der Waals surface area (Å²) in [4.78, 5) is 10.4. The van der Waals surface area contributed by atoms with Crippen LogP contribution in [-0.2, 0) is 5.41 Å². The second-order valence-electron chi connectivity index (χ2n) is 12.6. The lowest BCUT2D eigenvalue weighted by molar-refractivity contribution is 0.434. The summed E-state index contributed by atoms with van der Waals surface area (Å²) < 4.78 is 6.66. The third-order valence-electron chi connectivity index (χ3n) is 9.65. The van der Waals surface area contributed by atoms with Crippen LogP contribution < -0.4 is 4.74 Å². The number of nitrogens with zero attached hydrogens (tertiary/aromatic N) is 2. The van der Waals surface area contributed by atoms with Crippen molar-refractivity contribution in [2.24, 2.45) is 0 Å². The molecule has 8 aromatic rings. The van der Waals surface area contributed by atoms with Crippen LogP contribution in [0.5, 0.6) is 11.5 Å². The Balaban J connectivity index is 1.25. The first-order valence-corrected chi connectivity index (χ1v) is 16.9. The zero-order valence-electron chi connectivity index (χ0n) is 27.3. The van der Waals surface area contributed by atoms with Crippen molar-refractivity contribution in [3.8, 4) is 56.5 Å². The Morgan fingerprint density at radius 3 is 1.40 bits per heavy atom. The van der Waals surface area contributed by atoms with Crippen molar-refractivity contribution in [1.29, 1.82) is 0 Å². The summed E-state index contributed by atoms with van der Waals surface area (Å²) in [6.45, 7) is 0. The minimum absolute atomic E-state index is 0.629. The first kappa shape index (κ1) is 29.6. The first-order chi connectivity index (χ1) is 24.8.